The first-order valence-electron chi connectivity index (χ1n) is 11.1. The molecule has 0 saturated heterocycles. The molecule has 0 aromatic heterocycles. The number of nitrogens with one attached hydrogen (secondary N) is 1. The van der Waals surface area contributed by atoms with Crippen LogP contribution >= 0.6 is 11.6 Å². The summed E-state index contributed by atoms with van der Waals surface area (Å²) in [6.45, 7) is 5.50. The highest BCUT2D eigenvalue weighted by molar-refractivity contribution is 6.34. The summed E-state index contributed by atoms with van der Waals surface area (Å²) in [5.41, 5.74) is 3.67. The van der Waals surface area contributed by atoms with Crippen LogP contribution in [0.5, 0.6) is 11.5 Å². The molecule has 0 bridgehead atoms. The van der Waals surface area contributed by atoms with E-state index < -0.39 is 0 Å². The van der Waals surface area contributed by atoms with Gasteiger partial charge in [-0.15, -0.1) is 0 Å². The van der Waals surface area contributed by atoms with Crippen LogP contribution in [0.2, 0.25) is 5.02 Å². The molecule has 1 amide bonds. The molecule has 0 fully saturated rings. The van der Waals surface area contributed by atoms with Crippen LogP contribution in [0.3, 0.4) is 0 Å². The number of carbonyl (C=O) groups excluding carboxylic acids is 2. The topological polar surface area (TPSA) is 64.6 Å². The minimum absolute atomic E-state index is 0.267. The predicted molar refractivity (Wildman–Crippen MR) is 131 cm³/mol. The minimum atomic E-state index is -0.281. The van der Waals surface area contributed by atoms with Gasteiger partial charge in [-0.25, -0.2) is 0 Å². The predicted octanol–water partition coefficient (Wildman–Crippen LogP) is 6.33. The number of aldehydes is 1. The van der Waals surface area contributed by atoms with Crippen molar-refractivity contribution in [1.82, 2.24) is 5.32 Å². The first-order valence-corrected chi connectivity index (χ1v) is 11.4. The van der Waals surface area contributed by atoms with Gasteiger partial charge in [-0.2, -0.15) is 0 Å². The Balaban J connectivity index is 1.80. The molecule has 0 radical (unpaired) electrons. The van der Waals surface area contributed by atoms with Crippen molar-refractivity contribution in [3.8, 4) is 22.6 Å². The third kappa shape index (κ3) is 6.59. The average Bonchev–Trinajstić information content (AvgIpc) is 2.85. The van der Waals surface area contributed by atoms with Gasteiger partial charge in [0.2, 0.25) is 0 Å². The molecular formula is C27H28ClNO4. The Labute approximate surface area is 199 Å². The summed E-state index contributed by atoms with van der Waals surface area (Å²) in [6, 6.07) is 18.3. The highest BCUT2D eigenvalue weighted by Gasteiger charge is 2.14. The third-order valence-corrected chi connectivity index (χ3v) is 5.29. The molecule has 0 unspecified atom stereocenters. The van der Waals surface area contributed by atoms with Crippen molar-refractivity contribution < 1.29 is 19.1 Å². The first-order chi connectivity index (χ1) is 16.0. The largest absolute Gasteiger partial charge is 0.494 e. The number of rotatable bonds is 11. The van der Waals surface area contributed by atoms with Gasteiger partial charge in [-0.05, 0) is 60.4 Å². The van der Waals surface area contributed by atoms with E-state index in [2.05, 4.69) is 5.32 Å². The molecule has 0 aliphatic heterocycles. The van der Waals surface area contributed by atoms with Crippen LogP contribution in [0.25, 0.3) is 11.1 Å². The lowest BCUT2D eigenvalue weighted by Gasteiger charge is -2.15. The van der Waals surface area contributed by atoms with Crippen LogP contribution in [-0.2, 0) is 6.54 Å². The van der Waals surface area contributed by atoms with Gasteiger partial charge >= 0.3 is 0 Å². The number of benzene rings is 3. The van der Waals surface area contributed by atoms with E-state index in [0.717, 1.165) is 35.8 Å². The first kappa shape index (κ1) is 24.3. The number of ether oxygens (including phenoxy) is 2. The Morgan fingerprint density at radius 3 is 2.42 bits per heavy atom. The average molecular weight is 466 g/mol. The number of hydrogen-bond acceptors (Lipinski definition) is 4. The molecule has 0 saturated carbocycles. The number of carbonyl (C=O) groups is 2. The zero-order valence-electron chi connectivity index (χ0n) is 18.9. The van der Waals surface area contributed by atoms with Crippen LogP contribution in [0.15, 0.2) is 60.7 Å². The second kappa shape index (κ2) is 12.1. The summed E-state index contributed by atoms with van der Waals surface area (Å²) in [5, 5.41) is 3.27. The molecule has 3 rings (SSSR count). The normalized spacial score (nSPS) is 10.5. The Kier molecular flexibility index (Phi) is 8.90. The van der Waals surface area contributed by atoms with Crippen LogP contribution < -0.4 is 14.8 Å². The number of amides is 1. The Bertz CT molecular complexity index is 1110. The summed E-state index contributed by atoms with van der Waals surface area (Å²) >= 11 is 6.32. The fourth-order valence-corrected chi connectivity index (χ4v) is 3.56. The molecule has 6 heteroatoms. The van der Waals surface area contributed by atoms with Crippen molar-refractivity contribution in [2.24, 2.45) is 0 Å². The van der Waals surface area contributed by atoms with Crippen molar-refractivity contribution in [1.29, 1.82) is 0 Å². The fourth-order valence-electron chi connectivity index (χ4n) is 3.30. The molecule has 5 nitrogen and oxygen atoms in total. The van der Waals surface area contributed by atoms with E-state index >= 15 is 0 Å². The number of hydrogen-bond donors (Lipinski definition) is 1. The highest BCUT2D eigenvalue weighted by atomic mass is 35.5. The van der Waals surface area contributed by atoms with Crippen molar-refractivity contribution in [3.63, 3.8) is 0 Å². The zero-order valence-corrected chi connectivity index (χ0v) is 19.7. The van der Waals surface area contributed by atoms with Gasteiger partial charge < -0.3 is 14.8 Å². The lowest BCUT2D eigenvalue weighted by atomic mass is 10.0. The fraction of sp³-hybridized carbons (Fsp3) is 0.259. The summed E-state index contributed by atoms with van der Waals surface area (Å²) in [7, 11) is 0. The summed E-state index contributed by atoms with van der Waals surface area (Å²) in [5.74, 6) is 1.07. The molecule has 0 atom stereocenters. The quantitative estimate of drug-likeness (QED) is 0.336. The van der Waals surface area contributed by atoms with Crippen LogP contribution in [0.1, 0.15) is 53.0 Å². The Morgan fingerprint density at radius 2 is 1.70 bits per heavy atom. The van der Waals surface area contributed by atoms with Gasteiger partial charge in [0.1, 0.15) is 17.8 Å². The maximum Gasteiger partial charge on any atom is 0.253 e. The van der Waals surface area contributed by atoms with Crippen LogP contribution in [0.4, 0.5) is 0 Å². The molecule has 3 aromatic rings. The highest BCUT2D eigenvalue weighted by Crippen LogP contribution is 2.28. The molecule has 3 aromatic carbocycles. The minimum Gasteiger partial charge on any atom is -0.494 e. The smallest absolute Gasteiger partial charge is 0.253 e. The summed E-state index contributed by atoms with van der Waals surface area (Å²) < 4.78 is 11.5. The lowest BCUT2D eigenvalue weighted by Crippen LogP contribution is -2.23. The Hall–Kier alpha value is -3.31. The van der Waals surface area contributed by atoms with Gasteiger partial charge in [0.15, 0.2) is 0 Å². The van der Waals surface area contributed by atoms with E-state index in [-0.39, 0.29) is 12.5 Å². The second-order valence-electron chi connectivity index (χ2n) is 7.59. The standard InChI is InChI=1S/C27H28ClNO4/c1-3-12-32-23-9-10-24(25(28)16-23)27(31)29-17-22-15-21(8-11-26(22)33-13-4-2)20-7-5-6-19(14-20)18-30/h5-11,14-16,18H,3-4,12-13,17H2,1-2H3,(H,29,31). The van der Waals surface area contributed by atoms with E-state index in [9.17, 15) is 9.59 Å². The molecule has 0 aliphatic rings. The molecule has 33 heavy (non-hydrogen) atoms. The van der Waals surface area contributed by atoms with Gasteiger partial charge in [-0.1, -0.05) is 49.7 Å². The molecule has 0 aliphatic carbocycles. The van der Waals surface area contributed by atoms with E-state index in [0.29, 0.717) is 40.9 Å². The lowest BCUT2D eigenvalue weighted by molar-refractivity contribution is 0.0950. The van der Waals surface area contributed by atoms with Crippen molar-refractivity contribution >= 4 is 23.8 Å². The van der Waals surface area contributed by atoms with E-state index in [4.69, 9.17) is 21.1 Å². The molecule has 1 N–H and O–H groups in total. The van der Waals surface area contributed by atoms with E-state index in [1.165, 1.54) is 0 Å². The Morgan fingerprint density at radius 1 is 0.939 bits per heavy atom. The maximum absolute atomic E-state index is 12.8. The number of halogens is 1. The second-order valence-corrected chi connectivity index (χ2v) is 7.99. The summed E-state index contributed by atoms with van der Waals surface area (Å²) in [6.07, 6.45) is 2.59. The zero-order chi connectivity index (χ0) is 23.6. The van der Waals surface area contributed by atoms with Crippen molar-refractivity contribution in [2.75, 3.05) is 13.2 Å². The molecular weight excluding hydrogens is 438 g/mol. The van der Waals surface area contributed by atoms with Crippen LogP contribution in [-0.4, -0.2) is 25.4 Å². The van der Waals surface area contributed by atoms with Gasteiger partial charge in [0, 0.05) is 17.7 Å². The van der Waals surface area contributed by atoms with Crippen molar-refractivity contribution in [3.05, 3.63) is 82.4 Å². The van der Waals surface area contributed by atoms with Gasteiger partial charge in [0.25, 0.3) is 5.91 Å². The van der Waals surface area contributed by atoms with Crippen molar-refractivity contribution in [2.45, 2.75) is 33.2 Å². The van der Waals surface area contributed by atoms with Crippen LogP contribution in [0, 0.1) is 0 Å². The van der Waals surface area contributed by atoms with E-state index in [1.54, 1.807) is 24.3 Å². The molecule has 172 valence electrons. The van der Waals surface area contributed by atoms with Gasteiger partial charge in [0.05, 0.1) is 23.8 Å². The van der Waals surface area contributed by atoms with E-state index in [1.807, 2.05) is 50.2 Å². The molecule has 0 spiro atoms. The monoisotopic (exact) mass is 465 g/mol. The maximum atomic E-state index is 12.8. The summed E-state index contributed by atoms with van der Waals surface area (Å²) in [4.78, 5) is 24.0. The molecule has 0 heterocycles. The SMILES string of the molecule is CCCOc1ccc(C(=O)NCc2cc(-c3cccc(C=O)c3)ccc2OCCC)c(Cl)c1. The third-order valence-electron chi connectivity index (χ3n) is 4.98. The van der Waals surface area contributed by atoms with Gasteiger partial charge in [-0.3, -0.25) is 9.59 Å².